The Bertz CT molecular complexity index is 676. The maximum atomic E-state index is 12.2. The van der Waals surface area contributed by atoms with E-state index in [9.17, 15) is 19.5 Å². The molecule has 7 heteroatoms. The summed E-state index contributed by atoms with van der Waals surface area (Å²) in [6.07, 6.45) is 0. The van der Waals surface area contributed by atoms with Crippen LogP contribution in [-0.2, 0) is 23.8 Å². The van der Waals surface area contributed by atoms with Crippen LogP contribution in [0, 0.1) is 5.41 Å². The van der Waals surface area contributed by atoms with Crippen molar-refractivity contribution in [1.29, 1.82) is 0 Å². The van der Waals surface area contributed by atoms with E-state index in [1.54, 1.807) is 30.3 Å². The highest BCUT2D eigenvalue weighted by molar-refractivity contribution is 5.89. The Morgan fingerprint density at radius 3 is 1.74 bits per heavy atom. The SMILES string of the molecule is C=C(C)C(=O)OCC(CO)(COC(=O)C(=C)C)COC(=O)c1ccccc1. The first kappa shape index (κ1) is 22.1. The van der Waals surface area contributed by atoms with Crippen LogP contribution in [0.4, 0.5) is 0 Å². The molecule has 0 radical (unpaired) electrons. The van der Waals surface area contributed by atoms with Crippen molar-refractivity contribution >= 4 is 17.9 Å². The fourth-order valence-electron chi connectivity index (χ4n) is 1.82. The van der Waals surface area contributed by atoms with E-state index >= 15 is 0 Å². The van der Waals surface area contributed by atoms with Crippen LogP contribution in [0.15, 0.2) is 54.6 Å². The molecule has 0 saturated heterocycles. The summed E-state index contributed by atoms with van der Waals surface area (Å²) >= 11 is 0. The van der Waals surface area contributed by atoms with Crippen LogP contribution in [0.25, 0.3) is 0 Å². The van der Waals surface area contributed by atoms with Gasteiger partial charge in [-0.15, -0.1) is 0 Å². The molecular formula is C20H24O7. The second kappa shape index (κ2) is 10.3. The lowest BCUT2D eigenvalue weighted by atomic mass is 9.92. The molecule has 146 valence electrons. The maximum absolute atomic E-state index is 12.2. The highest BCUT2D eigenvalue weighted by atomic mass is 16.6. The zero-order valence-corrected chi connectivity index (χ0v) is 15.5. The Morgan fingerprint density at radius 1 is 0.889 bits per heavy atom. The quantitative estimate of drug-likeness (QED) is 0.379. The van der Waals surface area contributed by atoms with E-state index in [0.717, 1.165) is 0 Å². The number of rotatable bonds is 10. The Morgan fingerprint density at radius 2 is 1.33 bits per heavy atom. The average Bonchev–Trinajstić information content (AvgIpc) is 2.67. The minimum Gasteiger partial charge on any atom is -0.461 e. The van der Waals surface area contributed by atoms with Crippen LogP contribution in [-0.4, -0.2) is 49.4 Å². The van der Waals surface area contributed by atoms with Gasteiger partial charge in [0.15, 0.2) is 0 Å². The molecule has 0 aromatic heterocycles. The predicted molar refractivity (Wildman–Crippen MR) is 97.8 cm³/mol. The second-order valence-electron chi connectivity index (χ2n) is 6.31. The van der Waals surface area contributed by atoms with E-state index in [1.165, 1.54) is 13.8 Å². The molecule has 0 aliphatic heterocycles. The minimum absolute atomic E-state index is 0.169. The van der Waals surface area contributed by atoms with Crippen molar-refractivity contribution in [2.24, 2.45) is 5.41 Å². The van der Waals surface area contributed by atoms with Crippen molar-refractivity contribution < 1.29 is 33.7 Å². The monoisotopic (exact) mass is 376 g/mol. The molecule has 7 nitrogen and oxygen atoms in total. The molecule has 0 fully saturated rings. The van der Waals surface area contributed by atoms with Crippen molar-refractivity contribution in [2.45, 2.75) is 13.8 Å². The zero-order valence-electron chi connectivity index (χ0n) is 15.5. The number of carbonyl (C=O) groups excluding carboxylic acids is 3. The second-order valence-corrected chi connectivity index (χ2v) is 6.31. The van der Waals surface area contributed by atoms with Crippen LogP contribution in [0.5, 0.6) is 0 Å². The van der Waals surface area contributed by atoms with Crippen LogP contribution in [0.3, 0.4) is 0 Å². The molecule has 0 aliphatic carbocycles. The summed E-state index contributed by atoms with van der Waals surface area (Å²) in [6.45, 7) is 8.34. The van der Waals surface area contributed by atoms with Gasteiger partial charge in [0, 0.05) is 11.1 Å². The van der Waals surface area contributed by atoms with Gasteiger partial charge >= 0.3 is 17.9 Å². The normalized spacial score (nSPS) is 10.6. The topological polar surface area (TPSA) is 99.1 Å². The summed E-state index contributed by atoms with van der Waals surface area (Å²) in [4.78, 5) is 35.5. The van der Waals surface area contributed by atoms with Crippen molar-refractivity contribution in [2.75, 3.05) is 26.4 Å². The Kier molecular flexibility index (Phi) is 8.41. The third kappa shape index (κ3) is 7.07. The number of aliphatic hydroxyl groups is 1. The molecule has 1 aromatic carbocycles. The largest absolute Gasteiger partial charge is 0.461 e. The van der Waals surface area contributed by atoms with E-state index in [4.69, 9.17) is 14.2 Å². The molecule has 27 heavy (non-hydrogen) atoms. The van der Waals surface area contributed by atoms with Gasteiger partial charge in [-0.25, -0.2) is 14.4 Å². The van der Waals surface area contributed by atoms with E-state index < -0.39 is 29.9 Å². The van der Waals surface area contributed by atoms with Gasteiger partial charge in [-0.05, 0) is 26.0 Å². The first-order valence-electron chi connectivity index (χ1n) is 8.19. The lowest BCUT2D eigenvalue weighted by molar-refractivity contribution is -0.154. The number of esters is 3. The number of ether oxygens (including phenoxy) is 3. The summed E-state index contributed by atoms with van der Waals surface area (Å²) < 4.78 is 15.4. The summed E-state index contributed by atoms with van der Waals surface area (Å²) in [6, 6.07) is 8.26. The van der Waals surface area contributed by atoms with Gasteiger partial charge < -0.3 is 19.3 Å². The molecule has 1 aromatic rings. The maximum Gasteiger partial charge on any atom is 0.338 e. The van der Waals surface area contributed by atoms with Crippen LogP contribution in [0.2, 0.25) is 0 Å². The Labute approximate surface area is 158 Å². The third-order valence-corrected chi connectivity index (χ3v) is 3.57. The molecule has 1 N–H and O–H groups in total. The van der Waals surface area contributed by atoms with Crippen molar-refractivity contribution in [3.63, 3.8) is 0 Å². The third-order valence-electron chi connectivity index (χ3n) is 3.57. The number of aliphatic hydroxyl groups excluding tert-OH is 1. The standard InChI is InChI=1S/C20H24O7/c1-14(2)17(22)25-11-20(10-21,12-26-18(23)15(3)4)13-27-19(24)16-8-6-5-7-9-16/h5-9,21H,1,3,10-13H2,2,4H3. The van der Waals surface area contributed by atoms with E-state index in [0.29, 0.717) is 5.56 Å². The highest BCUT2D eigenvalue weighted by Gasteiger charge is 2.35. The molecule has 0 bridgehead atoms. The van der Waals surface area contributed by atoms with Gasteiger partial charge in [0.2, 0.25) is 0 Å². The van der Waals surface area contributed by atoms with Gasteiger partial charge in [-0.1, -0.05) is 31.4 Å². The minimum atomic E-state index is -1.32. The molecule has 0 amide bonds. The molecule has 1 rings (SSSR count). The summed E-state index contributed by atoms with van der Waals surface area (Å²) in [5.74, 6) is -1.97. The van der Waals surface area contributed by atoms with Gasteiger partial charge in [0.1, 0.15) is 19.8 Å². The van der Waals surface area contributed by atoms with Gasteiger partial charge in [0.05, 0.1) is 17.6 Å². The molecule has 0 spiro atoms. The average molecular weight is 376 g/mol. The molecule has 0 saturated carbocycles. The first-order chi connectivity index (χ1) is 12.7. The molecule has 0 unspecified atom stereocenters. The zero-order chi connectivity index (χ0) is 20.4. The van der Waals surface area contributed by atoms with Crippen LogP contribution >= 0.6 is 0 Å². The number of benzene rings is 1. The summed E-state index contributed by atoms with van der Waals surface area (Å²) in [7, 11) is 0. The predicted octanol–water partition coefficient (Wildman–Crippen LogP) is 2.06. The lowest BCUT2D eigenvalue weighted by Crippen LogP contribution is -2.42. The fraction of sp³-hybridized carbons (Fsp3) is 0.350. The Hall–Kier alpha value is -2.93. The first-order valence-corrected chi connectivity index (χ1v) is 8.19. The van der Waals surface area contributed by atoms with Crippen molar-refractivity contribution in [1.82, 2.24) is 0 Å². The smallest absolute Gasteiger partial charge is 0.338 e. The summed E-state index contributed by atoms with van der Waals surface area (Å²) in [5, 5.41) is 9.84. The molecule has 0 atom stereocenters. The van der Waals surface area contributed by atoms with Gasteiger partial charge in [0.25, 0.3) is 0 Å². The Balaban J connectivity index is 2.87. The van der Waals surface area contributed by atoms with Crippen LogP contribution < -0.4 is 0 Å². The van der Waals surface area contributed by atoms with E-state index in [2.05, 4.69) is 13.2 Å². The molecule has 0 heterocycles. The number of hydrogen-bond acceptors (Lipinski definition) is 7. The number of hydrogen-bond donors (Lipinski definition) is 1. The van der Waals surface area contributed by atoms with Gasteiger partial charge in [-0.2, -0.15) is 0 Å². The molecular weight excluding hydrogens is 352 g/mol. The number of carbonyl (C=O) groups is 3. The summed E-state index contributed by atoms with van der Waals surface area (Å²) in [5.41, 5.74) is -0.660. The van der Waals surface area contributed by atoms with Crippen LogP contribution in [0.1, 0.15) is 24.2 Å². The van der Waals surface area contributed by atoms with Gasteiger partial charge in [-0.3, -0.25) is 0 Å². The van der Waals surface area contributed by atoms with E-state index in [1.807, 2.05) is 0 Å². The highest BCUT2D eigenvalue weighted by Crippen LogP contribution is 2.21. The van der Waals surface area contributed by atoms with E-state index in [-0.39, 0.29) is 31.0 Å². The fourth-order valence-corrected chi connectivity index (χ4v) is 1.82. The lowest BCUT2D eigenvalue weighted by Gasteiger charge is -2.30. The molecule has 0 aliphatic rings. The van der Waals surface area contributed by atoms with Crippen molar-refractivity contribution in [3.8, 4) is 0 Å². The van der Waals surface area contributed by atoms with Crippen molar-refractivity contribution in [3.05, 3.63) is 60.2 Å².